The summed E-state index contributed by atoms with van der Waals surface area (Å²) in [5.74, 6) is -2.51. The summed E-state index contributed by atoms with van der Waals surface area (Å²) < 4.78 is 67.0. The van der Waals surface area contributed by atoms with Crippen molar-refractivity contribution in [1.82, 2.24) is 19.6 Å². The predicted octanol–water partition coefficient (Wildman–Crippen LogP) is 2.11. The number of carboxylic acid groups (broad SMARTS) is 1. The minimum Gasteiger partial charge on any atom is -0.476 e. The molecular formula is C19H20F5N7O3. The number of fused-ring (bicyclic) bond motifs is 1. The minimum atomic E-state index is -5.08. The molecule has 15 heteroatoms. The van der Waals surface area contributed by atoms with E-state index in [1.807, 2.05) is 0 Å². The molecule has 0 spiro atoms. The number of nitrogens with two attached hydrogens (primary N) is 2. The van der Waals surface area contributed by atoms with E-state index in [0.29, 0.717) is 22.7 Å². The Labute approximate surface area is 188 Å². The van der Waals surface area contributed by atoms with Crippen LogP contribution in [0.2, 0.25) is 0 Å². The van der Waals surface area contributed by atoms with Crippen LogP contribution in [0, 0.1) is 5.82 Å². The van der Waals surface area contributed by atoms with E-state index >= 15 is 0 Å². The summed E-state index contributed by atoms with van der Waals surface area (Å²) >= 11 is 0. The first-order valence-electron chi connectivity index (χ1n) is 9.80. The van der Waals surface area contributed by atoms with Crippen LogP contribution in [0.15, 0.2) is 30.7 Å². The van der Waals surface area contributed by atoms with Crippen LogP contribution in [0.3, 0.4) is 0 Å². The van der Waals surface area contributed by atoms with E-state index in [1.165, 1.54) is 16.8 Å². The second-order valence-electron chi connectivity index (χ2n) is 7.14. The van der Waals surface area contributed by atoms with Gasteiger partial charge in [-0.15, -0.1) is 0 Å². The lowest BCUT2D eigenvalue weighted by molar-refractivity contribution is -0.192. The molecule has 0 bridgehead atoms. The molecule has 3 aromatic heterocycles. The number of pyridine rings is 1. The lowest BCUT2D eigenvalue weighted by Gasteiger charge is -2.26. The van der Waals surface area contributed by atoms with Crippen molar-refractivity contribution in [3.63, 3.8) is 0 Å². The standard InChI is InChI=1S/C17H19F2N7O.C2HF3O2/c18-10-5-12(17(22-7-10)27-4-2-20)14-6-11(19)9-25(14)15-1-3-26-16(24-15)13(21)8-23-26;3-2(4,5)1(6)7/h1,3,5,7-8,11,14H,2,4,6,9,20-21H2;(H,6,7)/t11-,14+;/m0./s1. The summed E-state index contributed by atoms with van der Waals surface area (Å²) in [7, 11) is 0. The largest absolute Gasteiger partial charge is 0.490 e. The molecule has 5 N–H and O–H groups in total. The number of aromatic nitrogens is 4. The lowest BCUT2D eigenvalue weighted by Crippen LogP contribution is -2.26. The molecule has 184 valence electrons. The summed E-state index contributed by atoms with van der Waals surface area (Å²) in [5, 5.41) is 11.2. The van der Waals surface area contributed by atoms with Crippen LogP contribution in [-0.4, -0.2) is 62.7 Å². The molecule has 3 aromatic rings. The highest BCUT2D eigenvalue weighted by molar-refractivity contribution is 5.73. The molecule has 0 unspecified atom stereocenters. The number of alkyl halides is 4. The first-order valence-corrected chi connectivity index (χ1v) is 9.80. The predicted molar refractivity (Wildman–Crippen MR) is 109 cm³/mol. The Hall–Kier alpha value is -3.75. The van der Waals surface area contributed by atoms with Gasteiger partial charge >= 0.3 is 12.1 Å². The first-order chi connectivity index (χ1) is 16.0. The number of nitrogen functional groups attached to an aromatic ring is 1. The zero-order chi connectivity index (χ0) is 25.0. The second kappa shape index (κ2) is 10.0. The maximum atomic E-state index is 14.3. The maximum Gasteiger partial charge on any atom is 0.490 e. The third-order valence-electron chi connectivity index (χ3n) is 4.73. The van der Waals surface area contributed by atoms with Gasteiger partial charge in [0.1, 0.15) is 24.4 Å². The van der Waals surface area contributed by atoms with Crippen molar-refractivity contribution in [3.05, 3.63) is 42.1 Å². The Bertz CT molecular complexity index is 1160. The molecule has 4 heterocycles. The molecule has 0 aliphatic carbocycles. The lowest BCUT2D eigenvalue weighted by atomic mass is 10.1. The van der Waals surface area contributed by atoms with Gasteiger partial charge in [0, 0.05) is 24.7 Å². The number of hydrogen-bond acceptors (Lipinski definition) is 8. The summed E-state index contributed by atoms with van der Waals surface area (Å²) in [5.41, 5.74) is 12.7. The molecular weight excluding hydrogens is 469 g/mol. The van der Waals surface area contributed by atoms with Crippen LogP contribution >= 0.6 is 0 Å². The zero-order valence-electron chi connectivity index (χ0n) is 17.4. The topological polar surface area (TPSA) is 145 Å². The van der Waals surface area contributed by atoms with Gasteiger partial charge < -0.3 is 26.2 Å². The van der Waals surface area contributed by atoms with Gasteiger partial charge in [-0.2, -0.15) is 18.3 Å². The number of rotatable bonds is 5. The number of carbonyl (C=O) groups is 1. The molecule has 0 amide bonds. The molecule has 1 saturated heterocycles. The van der Waals surface area contributed by atoms with E-state index in [0.717, 1.165) is 6.20 Å². The Morgan fingerprint density at radius 3 is 2.68 bits per heavy atom. The Kier molecular flexibility index (Phi) is 7.34. The number of ether oxygens (including phenoxy) is 1. The SMILES string of the molecule is NCCOc1ncc(F)cc1[C@H]1C[C@H](F)CN1c1ccn2ncc(N)c2n1.O=C(O)C(F)(F)F. The molecule has 0 aromatic carbocycles. The second-order valence-corrected chi connectivity index (χ2v) is 7.14. The minimum absolute atomic E-state index is 0.120. The van der Waals surface area contributed by atoms with Crippen molar-refractivity contribution >= 4 is 23.1 Å². The highest BCUT2D eigenvalue weighted by Gasteiger charge is 2.38. The summed E-state index contributed by atoms with van der Waals surface area (Å²) in [6.45, 7) is 0.639. The fourth-order valence-corrected chi connectivity index (χ4v) is 3.33. The highest BCUT2D eigenvalue weighted by atomic mass is 19.4. The fraction of sp³-hybridized carbons (Fsp3) is 0.368. The third kappa shape index (κ3) is 5.59. The van der Waals surface area contributed by atoms with Gasteiger partial charge in [0.05, 0.1) is 30.7 Å². The van der Waals surface area contributed by atoms with Crippen molar-refractivity contribution in [2.24, 2.45) is 5.73 Å². The van der Waals surface area contributed by atoms with Crippen molar-refractivity contribution in [1.29, 1.82) is 0 Å². The van der Waals surface area contributed by atoms with Gasteiger partial charge in [-0.25, -0.2) is 28.1 Å². The molecule has 1 fully saturated rings. The van der Waals surface area contributed by atoms with Gasteiger partial charge in [0.2, 0.25) is 5.88 Å². The molecule has 10 nitrogen and oxygen atoms in total. The summed E-state index contributed by atoms with van der Waals surface area (Å²) in [6.07, 6.45) is -1.74. The fourth-order valence-electron chi connectivity index (χ4n) is 3.33. The van der Waals surface area contributed by atoms with E-state index in [2.05, 4.69) is 15.1 Å². The molecule has 4 rings (SSSR count). The quantitative estimate of drug-likeness (QED) is 0.459. The molecule has 1 aliphatic heterocycles. The Balaban J connectivity index is 0.000000406. The van der Waals surface area contributed by atoms with Crippen molar-refractivity contribution in [2.45, 2.75) is 24.8 Å². The number of nitrogens with zero attached hydrogens (tertiary/aromatic N) is 5. The van der Waals surface area contributed by atoms with Gasteiger partial charge in [0.15, 0.2) is 5.65 Å². The average Bonchev–Trinajstić information content (AvgIpc) is 3.35. The first kappa shape index (κ1) is 24.9. The molecule has 0 radical (unpaired) electrons. The Morgan fingerprint density at radius 1 is 1.32 bits per heavy atom. The van der Waals surface area contributed by atoms with Crippen molar-refractivity contribution in [3.8, 4) is 5.88 Å². The van der Waals surface area contributed by atoms with Gasteiger partial charge in [0.25, 0.3) is 0 Å². The van der Waals surface area contributed by atoms with Crippen LogP contribution in [-0.2, 0) is 4.79 Å². The van der Waals surface area contributed by atoms with E-state index in [1.54, 1.807) is 17.2 Å². The molecule has 2 atom stereocenters. The van der Waals surface area contributed by atoms with E-state index < -0.39 is 30.2 Å². The highest BCUT2D eigenvalue weighted by Crippen LogP contribution is 2.40. The van der Waals surface area contributed by atoms with Crippen LogP contribution in [0.5, 0.6) is 5.88 Å². The number of carboxylic acids is 1. The summed E-state index contributed by atoms with van der Waals surface area (Å²) in [4.78, 5) is 19.2. The van der Waals surface area contributed by atoms with Crippen molar-refractivity contribution in [2.75, 3.05) is 30.3 Å². The number of hydrogen-bond donors (Lipinski definition) is 3. The van der Waals surface area contributed by atoms with Crippen LogP contribution in [0.1, 0.15) is 18.0 Å². The van der Waals surface area contributed by atoms with Crippen LogP contribution in [0.4, 0.5) is 33.5 Å². The van der Waals surface area contributed by atoms with Gasteiger partial charge in [-0.05, 0) is 12.1 Å². The van der Waals surface area contributed by atoms with Gasteiger partial charge in [-0.1, -0.05) is 0 Å². The van der Waals surface area contributed by atoms with E-state index in [4.69, 9.17) is 26.1 Å². The van der Waals surface area contributed by atoms with Gasteiger partial charge in [-0.3, -0.25) is 0 Å². The number of aliphatic carboxylic acids is 1. The number of anilines is 2. The van der Waals surface area contributed by atoms with Crippen LogP contribution in [0.25, 0.3) is 5.65 Å². The third-order valence-corrected chi connectivity index (χ3v) is 4.73. The average molecular weight is 489 g/mol. The monoisotopic (exact) mass is 489 g/mol. The Morgan fingerprint density at radius 2 is 2.03 bits per heavy atom. The normalized spacial score (nSPS) is 18.0. The zero-order valence-corrected chi connectivity index (χ0v) is 17.4. The molecule has 1 aliphatic rings. The number of halogens is 5. The molecule has 0 saturated carbocycles. The van der Waals surface area contributed by atoms with Crippen molar-refractivity contribution < 1.29 is 36.6 Å². The van der Waals surface area contributed by atoms with Crippen LogP contribution < -0.4 is 21.1 Å². The van der Waals surface area contributed by atoms with E-state index in [-0.39, 0.29) is 32.0 Å². The molecule has 34 heavy (non-hydrogen) atoms. The maximum absolute atomic E-state index is 14.3. The summed E-state index contributed by atoms with van der Waals surface area (Å²) in [6, 6.07) is 2.56. The smallest absolute Gasteiger partial charge is 0.476 e. The van der Waals surface area contributed by atoms with E-state index in [9.17, 15) is 22.0 Å².